The first-order valence-corrected chi connectivity index (χ1v) is 14.4. The average Bonchev–Trinajstić information content (AvgIpc) is 3.06. The lowest BCUT2D eigenvalue weighted by molar-refractivity contribution is -0.278. The van der Waals surface area contributed by atoms with Gasteiger partial charge in [0.15, 0.2) is 0 Å². The predicted octanol–water partition coefficient (Wildman–Crippen LogP) is 8.49. The van der Waals surface area contributed by atoms with Crippen molar-refractivity contribution >= 4 is 0 Å². The van der Waals surface area contributed by atoms with E-state index in [4.69, 9.17) is 0 Å². The van der Waals surface area contributed by atoms with Crippen LogP contribution >= 0.6 is 0 Å². The minimum atomic E-state index is -0.116. The molecule has 1 heteroatoms. The Kier molecular flexibility index (Phi) is 5.03. The molecule has 0 radical (unpaired) electrons. The molecule has 0 aromatic carbocycles. The molecule has 5 aliphatic rings. The maximum Gasteiger partial charge on any atom is 0.0594 e. The van der Waals surface area contributed by atoms with E-state index in [9.17, 15) is 5.11 Å². The molecule has 5 fully saturated rings. The van der Waals surface area contributed by atoms with Gasteiger partial charge < -0.3 is 5.11 Å². The molecule has 0 aliphatic heterocycles. The minimum absolute atomic E-state index is 0.0648. The summed E-state index contributed by atoms with van der Waals surface area (Å²) in [7, 11) is 0. The fraction of sp³-hybridized carbons (Fsp3) is 1.00. The SMILES string of the molecule is CC(C)C1CCC2(C)CCC3(C)C(C)(CCC4C5(C)CCC(O)C(C)(C)C5CCC43C)C12. The molecule has 5 aliphatic carbocycles. The van der Waals surface area contributed by atoms with E-state index in [1.54, 1.807) is 0 Å². The van der Waals surface area contributed by atoms with Crippen molar-refractivity contribution < 1.29 is 5.11 Å². The molecule has 0 aromatic heterocycles. The van der Waals surface area contributed by atoms with Crippen LogP contribution < -0.4 is 0 Å². The molecule has 1 N–H and O–H groups in total. The smallest absolute Gasteiger partial charge is 0.0594 e. The standard InChI is InChI=1S/C31H54O/c1-20(2)21-10-14-27(5)18-19-31(9)29(7)16-11-22-26(3,4)24(32)13-15-28(22,6)23(29)12-17-30(31,8)25(21)27/h20-25,32H,10-19H2,1-9H3. The lowest BCUT2D eigenvalue weighted by Crippen LogP contribution is -2.69. The van der Waals surface area contributed by atoms with Crippen molar-refractivity contribution in [2.75, 3.05) is 0 Å². The molecule has 0 heterocycles. The molecule has 10 atom stereocenters. The van der Waals surface area contributed by atoms with Gasteiger partial charge in [0.25, 0.3) is 0 Å². The summed E-state index contributed by atoms with van der Waals surface area (Å²) < 4.78 is 0. The summed E-state index contributed by atoms with van der Waals surface area (Å²) in [6, 6.07) is 0. The van der Waals surface area contributed by atoms with Crippen LogP contribution in [-0.2, 0) is 0 Å². The average molecular weight is 443 g/mol. The largest absolute Gasteiger partial charge is 0.393 e. The first kappa shape index (κ1) is 23.7. The van der Waals surface area contributed by atoms with Gasteiger partial charge in [-0.25, -0.2) is 0 Å². The van der Waals surface area contributed by atoms with Crippen LogP contribution in [0.25, 0.3) is 0 Å². The molecule has 0 aromatic rings. The van der Waals surface area contributed by atoms with Gasteiger partial charge in [-0.3, -0.25) is 0 Å². The van der Waals surface area contributed by atoms with Crippen molar-refractivity contribution in [3.8, 4) is 0 Å². The lowest BCUT2D eigenvalue weighted by Gasteiger charge is -2.76. The number of aliphatic hydroxyl groups is 1. The van der Waals surface area contributed by atoms with Crippen LogP contribution in [0.2, 0.25) is 0 Å². The van der Waals surface area contributed by atoms with Gasteiger partial charge in [-0.15, -0.1) is 0 Å². The number of fused-ring (bicyclic) bond motifs is 7. The zero-order chi connectivity index (χ0) is 23.5. The summed E-state index contributed by atoms with van der Waals surface area (Å²) in [5.41, 5.74) is 2.39. The van der Waals surface area contributed by atoms with Gasteiger partial charge in [-0.05, 0) is 126 Å². The summed E-state index contributed by atoms with van der Waals surface area (Å²) in [6.07, 6.45) is 13.6. The Morgan fingerprint density at radius 2 is 1.28 bits per heavy atom. The van der Waals surface area contributed by atoms with E-state index < -0.39 is 0 Å². The molecule has 0 amide bonds. The maximum atomic E-state index is 10.9. The van der Waals surface area contributed by atoms with E-state index in [0.717, 1.165) is 30.1 Å². The fourth-order valence-corrected chi connectivity index (χ4v) is 12.4. The van der Waals surface area contributed by atoms with Gasteiger partial charge in [-0.1, -0.05) is 62.3 Å². The first-order chi connectivity index (χ1) is 14.7. The number of rotatable bonds is 1. The van der Waals surface area contributed by atoms with Crippen LogP contribution in [-0.4, -0.2) is 11.2 Å². The van der Waals surface area contributed by atoms with Crippen molar-refractivity contribution in [2.24, 2.45) is 62.1 Å². The van der Waals surface area contributed by atoms with Gasteiger partial charge in [0.05, 0.1) is 6.10 Å². The Balaban J connectivity index is 1.58. The van der Waals surface area contributed by atoms with E-state index in [0.29, 0.717) is 33.0 Å². The van der Waals surface area contributed by atoms with Crippen molar-refractivity contribution in [2.45, 2.75) is 133 Å². The normalized spacial score (nSPS) is 59.2. The van der Waals surface area contributed by atoms with Crippen LogP contribution in [0.5, 0.6) is 0 Å². The predicted molar refractivity (Wildman–Crippen MR) is 135 cm³/mol. The van der Waals surface area contributed by atoms with Gasteiger partial charge in [-0.2, -0.15) is 0 Å². The molecule has 184 valence electrons. The van der Waals surface area contributed by atoms with E-state index in [2.05, 4.69) is 62.3 Å². The second-order valence-corrected chi connectivity index (χ2v) is 15.8. The molecule has 5 rings (SSSR count). The number of hydrogen-bond donors (Lipinski definition) is 1. The van der Waals surface area contributed by atoms with Crippen LogP contribution in [0.15, 0.2) is 0 Å². The minimum Gasteiger partial charge on any atom is -0.393 e. The highest BCUT2D eigenvalue weighted by atomic mass is 16.3. The monoisotopic (exact) mass is 442 g/mol. The van der Waals surface area contributed by atoms with Crippen LogP contribution in [0.3, 0.4) is 0 Å². The van der Waals surface area contributed by atoms with E-state index in [1.165, 1.54) is 57.8 Å². The van der Waals surface area contributed by atoms with Crippen LogP contribution in [0.4, 0.5) is 0 Å². The third-order valence-corrected chi connectivity index (χ3v) is 14.5. The summed E-state index contributed by atoms with van der Waals surface area (Å²) in [6.45, 7) is 23.5. The second kappa shape index (κ2) is 6.79. The van der Waals surface area contributed by atoms with Crippen molar-refractivity contribution in [3.63, 3.8) is 0 Å². The number of aliphatic hydroxyl groups excluding tert-OH is 1. The number of hydrogen-bond acceptors (Lipinski definition) is 1. The molecule has 0 bridgehead atoms. The van der Waals surface area contributed by atoms with Crippen molar-refractivity contribution in [3.05, 3.63) is 0 Å². The molecule has 0 saturated heterocycles. The Hall–Kier alpha value is -0.0400. The second-order valence-electron chi connectivity index (χ2n) is 15.8. The Morgan fingerprint density at radius 3 is 1.94 bits per heavy atom. The first-order valence-electron chi connectivity index (χ1n) is 14.4. The van der Waals surface area contributed by atoms with Gasteiger partial charge >= 0.3 is 0 Å². The van der Waals surface area contributed by atoms with Crippen LogP contribution in [0.1, 0.15) is 127 Å². The quantitative estimate of drug-likeness (QED) is 0.431. The summed E-state index contributed by atoms with van der Waals surface area (Å²) in [5, 5.41) is 10.9. The Labute approximate surface area is 199 Å². The van der Waals surface area contributed by atoms with E-state index in [-0.39, 0.29) is 11.5 Å². The fourth-order valence-electron chi connectivity index (χ4n) is 12.4. The maximum absolute atomic E-state index is 10.9. The molecule has 10 unspecified atom stereocenters. The zero-order valence-electron chi connectivity index (χ0n) is 23.0. The highest BCUT2D eigenvalue weighted by molar-refractivity contribution is 5.22. The Bertz CT molecular complexity index is 768. The third-order valence-electron chi connectivity index (χ3n) is 14.5. The van der Waals surface area contributed by atoms with Crippen molar-refractivity contribution in [1.82, 2.24) is 0 Å². The van der Waals surface area contributed by atoms with Gasteiger partial charge in [0.1, 0.15) is 0 Å². The molecule has 32 heavy (non-hydrogen) atoms. The molecule has 0 spiro atoms. The van der Waals surface area contributed by atoms with E-state index in [1.807, 2.05) is 0 Å². The third kappa shape index (κ3) is 2.57. The summed E-state index contributed by atoms with van der Waals surface area (Å²) in [4.78, 5) is 0. The Morgan fingerprint density at radius 1 is 0.656 bits per heavy atom. The van der Waals surface area contributed by atoms with Gasteiger partial charge in [0.2, 0.25) is 0 Å². The molecule has 5 saturated carbocycles. The summed E-state index contributed by atoms with van der Waals surface area (Å²) in [5.74, 6) is 4.14. The van der Waals surface area contributed by atoms with E-state index >= 15 is 0 Å². The zero-order valence-corrected chi connectivity index (χ0v) is 23.0. The molecular formula is C31H54O. The van der Waals surface area contributed by atoms with Crippen molar-refractivity contribution in [1.29, 1.82) is 0 Å². The topological polar surface area (TPSA) is 20.2 Å². The molecular weight excluding hydrogens is 388 g/mol. The van der Waals surface area contributed by atoms with Gasteiger partial charge in [0, 0.05) is 0 Å². The highest BCUT2D eigenvalue weighted by Crippen LogP contribution is 2.81. The highest BCUT2D eigenvalue weighted by Gasteiger charge is 2.73. The summed E-state index contributed by atoms with van der Waals surface area (Å²) >= 11 is 0. The van der Waals surface area contributed by atoms with Crippen LogP contribution in [0, 0.1) is 62.1 Å². The lowest BCUT2D eigenvalue weighted by atomic mass is 9.29. The molecule has 1 nitrogen and oxygen atoms in total.